The standard InChI is InChI=1S/C36H65NO13/c1-13-24-36(10,44)29(40)19(4)26(38)17(2)15-34(8,43)31(50-33-27(39)23(37-11)14-18(3)46-33)20(5)28(21(6)32(42)48-24)49-25-16-35(9,45-12)30(41)22(7)47-25/h17-25,27-31,33,37,39-41,43-44H,13-16H2,1-12H3/t17-,18-,19+,20+,21-,22+,23+,24-,25+,27-,28+,29-,30+,31-,33+,34-,35-,36-/m1/s1/i11D3,23D,27D,29D,30D. The Bertz CT molecular complexity index is 1430. The van der Waals surface area contributed by atoms with Crippen LogP contribution >= 0.6 is 0 Å². The van der Waals surface area contributed by atoms with E-state index in [2.05, 4.69) is 0 Å². The number of rotatable bonds is 7. The van der Waals surface area contributed by atoms with Gasteiger partial charge in [-0.3, -0.25) is 9.59 Å². The van der Waals surface area contributed by atoms with E-state index in [1.165, 1.54) is 69.4 Å². The number of carbonyl (C=O) groups is 2. The molecule has 292 valence electrons. The molecule has 0 saturated carbocycles. The molecule has 0 amide bonds. The quantitative estimate of drug-likeness (QED) is 0.206. The maximum absolute atomic E-state index is 14.2. The summed E-state index contributed by atoms with van der Waals surface area (Å²) in [6.07, 6.45) is -20.0. The van der Waals surface area contributed by atoms with E-state index >= 15 is 0 Å². The molecule has 3 aliphatic rings. The van der Waals surface area contributed by atoms with Crippen LogP contribution < -0.4 is 5.32 Å². The van der Waals surface area contributed by atoms with Gasteiger partial charge in [-0.2, -0.15) is 0 Å². The van der Waals surface area contributed by atoms with Crippen LogP contribution in [0.4, 0.5) is 0 Å². The van der Waals surface area contributed by atoms with Gasteiger partial charge in [-0.25, -0.2) is 0 Å². The number of Topliss-reactive ketones (excluding diaryl/α,β-unsaturated/α-hetero) is 1. The van der Waals surface area contributed by atoms with E-state index in [1.54, 1.807) is 0 Å². The Morgan fingerprint density at radius 2 is 1.60 bits per heavy atom. The van der Waals surface area contributed by atoms with Gasteiger partial charge in [-0.1, -0.05) is 27.7 Å². The average Bonchev–Trinajstić information content (AvgIpc) is 3.06. The average molecular weight is 727 g/mol. The molecule has 14 heteroatoms. The smallest absolute Gasteiger partial charge is 0.311 e. The molecular formula is C36H65NO13. The molecule has 3 heterocycles. The van der Waals surface area contributed by atoms with Crippen molar-refractivity contribution >= 4 is 11.8 Å². The number of hydrogen-bond donors (Lipinski definition) is 6. The summed E-state index contributed by atoms with van der Waals surface area (Å²) in [6, 6.07) is -2.61. The minimum Gasteiger partial charge on any atom is -0.459 e. The fraction of sp³-hybridized carbons (Fsp3) is 0.944. The molecule has 0 unspecified atom stereocenters. The number of methoxy groups -OCH3 is 1. The van der Waals surface area contributed by atoms with Crippen molar-refractivity contribution in [1.82, 2.24) is 5.32 Å². The van der Waals surface area contributed by atoms with Crippen molar-refractivity contribution in [2.45, 2.75) is 179 Å². The molecule has 6 N–H and O–H groups in total. The first-order chi connectivity index (χ1) is 25.6. The molecule has 18 atom stereocenters. The Morgan fingerprint density at radius 3 is 2.18 bits per heavy atom. The summed E-state index contributed by atoms with van der Waals surface area (Å²) in [5.41, 5.74) is -6.29. The van der Waals surface area contributed by atoms with Crippen LogP contribution in [0.5, 0.6) is 0 Å². The third kappa shape index (κ3) is 9.07. The molecule has 3 aliphatic heterocycles. The lowest BCUT2D eigenvalue weighted by Crippen LogP contribution is -2.61. The van der Waals surface area contributed by atoms with Crippen molar-refractivity contribution in [1.29, 1.82) is 0 Å². The SMILES string of the molecule is [2H]C([2H])([2H])N[C@@]1([2H])C[C@@H](C)O[C@@H](O[C@@H]2[C@@H](C)[C@H](O[C@H]3C[C@@](C)(OC)[C@@]([2H])(O)[C@H](C)O3)[C@@H](C)C(=O)O[C@H](CC)[C@@](C)(O)[C@]([2H])(O)[C@@H](C)C(=O)[C@H](C)C[C@@]2(C)O)[C@]1([2H])O. The number of ether oxygens (including phenoxy) is 6. The second kappa shape index (κ2) is 16.8. The number of likely N-dealkylation sites (N-methyl/N-ethyl adjacent to an activating group) is 1. The monoisotopic (exact) mass is 726 g/mol. The molecule has 0 aliphatic carbocycles. The molecule has 3 rings (SSSR count). The first-order valence-electron chi connectivity index (χ1n) is 20.9. The van der Waals surface area contributed by atoms with Gasteiger partial charge in [0.2, 0.25) is 0 Å². The van der Waals surface area contributed by atoms with Crippen LogP contribution in [-0.4, -0.2) is 136 Å². The number of carbonyl (C=O) groups excluding carboxylic acids is 2. The first-order valence-corrected chi connectivity index (χ1v) is 17.4. The maximum atomic E-state index is 14.2. The van der Waals surface area contributed by atoms with Crippen molar-refractivity contribution in [2.24, 2.45) is 23.7 Å². The molecule has 0 radical (unpaired) electrons. The van der Waals surface area contributed by atoms with E-state index in [0.29, 0.717) is 0 Å². The largest absolute Gasteiger partial charge is 0.459 e. The molecule has 3 saturated heterocycles. The van der Waals surface area contributed by atoms with E-state index in [1.807, 2.05) is 5.32 Å². The summed E-state index contributed by atoms with van der Waals surface area (Å²) in [5.74, 6) is -7.18. The van der Waals surface area contributed by atoms with E-state index in [9.17, 15) is 35.1 Å². The fourth-order valence-corrected chi connectivity index (χ4v) is 7.52. The van der Waals surface area contributed by atoms with Crippen LogP contribution in [0, 0.1) is 23.7 Å². The van der Waals surface area contributed by atoms with Gasteiger partial charge in [0.15, 0.2) is 12.6 Å². The van der Waals surface area contributed by atoms with Crippen molar-refractivity contribution in [3.8, 4) is 0 Å². The lowest BCUT2D eigenvalue weighted by Gasteiger charge is -2.48. The molecule has 50 heavy (non-hydrogen) atoms. The highest BCUT2D eigenvalue weighted by atomic mass is 16.7. The van der Waals surface area contributed by atoms with Gasteiger partial charge in [-0.15, -0.1) is 0 Å². The zero-order chi connectivity index (χ0) is 44.3. The number of esters is 1. The predicted molar refractivity (Wildman–Crippen MR) is 182 cm³/mol. The topological polar surface area (TPSA) is 203 Å². The summed E-state index contributed by atoms with van der Waals surface area (Å²) in [4.78, 5) is 28.1. The van der Waals surface area contributed by atoms with Crippen molar-refractivity contribution in [3.05, 3.63) is 0 Å². The van der Waals surface area contributed by atoms with Crippen LogP contribution in [0.2, 0.25) is 0 Å². The Morgan fingerprint density at radius 1 is 0.960 bits per heavy atom. The van der Waals surface area contributed by atoms with Gasteiger partial charge in [-0.05, 0) is 67.8 Å². The minimum atomic E-state index is -3.16. The third-order valence-corrected chi connectivity index (χ3v) is 10.7. The predicted octanol–water partition coefficient (Wildman–Crippen LogP) is 1.44. The van der Waals surface area contributed by atoms with Crippen LogP contribution in [0.3, 0.4) is 0 Å². The molecular weight excluding hydrogens is 654 g/mol. The summed E-state index contributed by atoms with van der Waals surface area (Å²) < 4.78 is 94.3. The van der Waals surface area contributed by atoms with Crippen LogP contribution in [-0.2, 0) is 38.0 Å². The normalized spacial score (nSPS) is 58.6. The zero-order valence-corrected chi connectivity index (χ0v) is 31.2. The second-order valence-corrected chi connectivity index (χ2v) is 15.0. The van der Waals surface area contributed by atoms with Gasteiger partial charge in [0.1, 0.15) is 29.6 Å². The Hall–Kier alpha value is -1.30. The summed E-state index contributed by atoms with van der Waals surface area (Å²) in [7, 11) is 1.29. The number of hydrogen-bond acceptors (Lipinski definition) is 14. The van der Waals surface area contributed by atoms with Gasteiger partial charge in [0.05, 0.1) is 51.7 Å². The van der Waals surface area contributed by atoms with Gasteiger partial charge < -0.3 is 59.3 Å². The highest BCUT2D eigenvalue weighted by molar-refractivity contribution is 5.83. The number of nitrogens with one attached hydrogen (secondary N) is 1. The first kappa shape index (κ1) is 33.3. The van der Waals surface area contributed by atoms with E-state index in [-0.39, 0.29) is 12.8 Å². The number of cyclic esters (lactones) is 1. The molecule has 0 aromatic heterocycles. The van der Waals surface area contributed by atoms with E-state index in [0.717, 1.165) is 6.92 Å². The van der Waals surface area contributed by atoms with Gasteiger partial charge in [0.25, 0.3) is 0 Å². The Kier molecular flexibility index (Phi) is 11.2. The summed E-state index contributed by atoms with van der Waals surface area (Å²) in [6.45, 7) is 10.7. The highest BCUT2D eigenvalue weighted by Crippen LogP contribution is 2.40. The fourth-order valence-electron chi connectivity index (χ4n) is 7.52. The molecule has 0 bridgehead atoms. The number of ketones is 1. The lowest BCUT2D eigenvalue weighted by atomic mass is 9.74. The molecule has 0 aromatic carbocycles. The van der Waals surface area contributed by atoms with Crippen molar-refractivity contribution < 1.29 is 73.1 Å². The Labute approximate surface area is 307 Å². The minimum absolute atomic E-state index is 0.111. The van der Waals surface area contributed by atoms with Crippen LogP contribution in [0.25, 0.3) is 0 Å². The lowest BCUT2D eigenvalue weighted by molar-refractivity contribution is -0.316. The maximum Gasteiger partial charge on any atom is 0.311 e. The van der Waals surface area contributed by atoms with Gasteiger partial charge >= 0.3 is 5.97 Å². The van der Waals surface area contributed by atoms with Crippen LogP contribution in [0.15, 0.2) is 0 Å². The third-order valence-electron chi connectivity index (χ3n) is 10.7. The zero-order valence-electron chi connectivity index (χ0n) is 38.2. The summed E-state index contributed by atoms with van der Waals surface area (Å²) in [5, 5.41) is 60.2. The van der Waals surface area contributed by atoms with Crippen molar-refractivity contribution in [3.63, 3.8) is 0 Å². The molecule has 0 aromatic rings. The van der Waals surface area contributed by atoms with Crippen molar-refractivity contribution in [2.75, 3.05) is 14.1 Å². The van der Waals surface area contributed by atoms with E-state index < -0.39 is 139 Å². The second-order valence-electron chi connectivity index (χ2n) is 15.0. The van der Waals surface area contributed by atoms with E-state index in [4.69, 9.17) is 38.0 Å². The Balaban J connectivity index is 2.28. The molecule has 14 nitrogen and oxygen atoms in total. The van der Waals surface area contributed by atoms with Crippen LogP contribution in [0.1, 0.15) is 105 Å². The van der Waals surface area contributed by atoms with Gasteiger partial charge in [0, 0.05) is 42.8 Å². The number of aliphatic hydroxyl groups is 5. The summed E-state index contributed by atoms with van der Waals surface area (Å²) >= 11 is 0. The molecule has 0 spiro atoms. The highest BCUT2D eigenvalue weighted by Gasteiger charge is 2.53. The molecule has 3 fully saturated rings.